The van der Waals surface area contributed by atoms with Gasteiger partial charge in [0.15, 0.2) is 5.69 Å². The van der Waals surface area contributed by atoms with Gasteiger partial charge in [0, 0.05) is 24.5 Å². The Labute approximate surface area is 178 Å². The monoisotopic (exact) mass is 403 g/mol. The topological polar surface area (TPSA) is 64.2 Å². The molecule has 31 heavy (non-hydrogen) atoms. The minimum atomic E-state index is -0.299. The number of carbonyl (C=O) groups is 1. The van der Waals surface area contributed by atoms with E-state index in [1.165, 1.54) is 0 Å². The van der Waals surface area contributed by atoms with Gasteiger partial charge in [-0.1, -0.05) is 54.6 Å². The molecule has 1 N–H and O–H groups in total. The van der Waals surface area contributed by atoms with Gasteiger partial charge in [-0.3, -0.25) is 10.1 Å². The predicted molar refractivity (Wildman–Crippen MR) is 121 cm³/mol. The number of amides is 1. The molecule has 0 spiro atoms. The van der Waals surface area contributed by atoms with Crippen molar-refractivity contribution in [3.8, 4) is 0 Å². The number of anilines is 1. The summed E-state index contributed by atoms with van der Waals surface area (Å²) in [5.41, 5.74) is 2.94. The number of fused-ring (bicyclic) bond motifs is 2. The molecule has 0 aliphatic carbocycles. The number of hydrogen-bond acceptors (Lipinski definition) is 3. The van der Waals surface area contributed by atoms with Crippen molar-refractivity contribution >= 4 is 39.2 Å². The Morgan fingerprint density at radius 3 is 2.58 bits per heavy atom. The molecule has 6 nitrogen and oxygen atoms in total. The van der Waals surface area contributed by atoms with Crippen molar-refractivity contribution in [2.24, 2.45) is 0 Å². The van der Waals surface area contributed by atoms with Crippen LogP contribution in [0.25, 0.3) is 26.5 Å². The standard InChI is InChI=1S/C25H17N5O/c1-26-20-11-10-18-14-23(24(31)29-25-27-12-5-13-28-25)30(22(18)15-20)16-19-8-4-7-17-6-2-3-9-21(17)19/h2-15H,16H2,(H,27,28,29,31). The second-order valence-electron chi connectivity index (χ2n) is 7.14. The van der Waals surface area contributed by atoms with E-state index in [0.29, 0.717) is 17.9 Å². The Balaban J connectivity index is 1.65. The maximum Gasteiger partial charge on any atom is 0.274 e. The lowest BCUT2D eigenvalue weighted by Crippen LogP contribution is -2.18. The summed E-state index contributed by atoms with van der Waals surface area (Å²) < 4.78 is 1.95. The molecule has 148 valence electrons. The van der Waals surface area contributed by atoms with Gasteiger partial charge in [0.2, 0.25) is 5.95 Å². The SMILES string of the molecule is [C-]#[N+]c1ccc2cc(C(=O)Nc3ncccn3)n(Cc3cccc4ccccc34)c2c1. The Morgan fingerprint density at radius 1 is 0.935 bits per heavy atom. The van der Waals surface area contributed by atoms with Crippen LogP contribution in [0.1, 0.15) is 16.1 Å². The highest BCUT2D eigenvalue weighted by Crippen LogP contribution is 2.28. The van der Waals surface area contributed by atoms with E-state index in [-0.39, 0.29) is 11.9 Å². The fraction of sp³-hybridized carbons (Fsp3) is 0.0400. The molecule has 5 rings (SSSR count). The minimum absolute atomic E-state index is 0.247. The van der Waals surface area contributed by atoms with Gasteiger partial charge in [-0.2, -0.15) is 0 Å². The molecule has 0 unspecified atom stereocenters. The highest BCUT2D eigenvalue weighted by atomic mass is 16.2. The first-order chi connectivity index (χ1) is 15.2. The molecule has 0 bridgehead atoms. The van der Waals surface area contributed by atoms with Crippen LogP contribution in [-0.4, -0.2) is 20.4 Å². The summed E-state index contributed by atoms with van der Waals surface area (Å²) in [5.74, 6) is -0.0525. The van der Waals surface area contributed by atoms with Crippen LogP contribution in [0, 0.1) is 6.57 Å². The molecule has 0 atom stereocenters. The third-order valence-electron chi connectivity index (χ3n) is 5.25. The Morgan fingerprint density at radius 2 is 1.74 bits per heavy atom. The summed E-state index contributed by atoms with van der Waals surface area (Å²) in [5, 5.41) is 5.94. The molecule has 0 saturated heterocycles. The predicted octanol–water partition coefficient (Wildman–Crippen LogP) is 5.44. The zero-order valence-corrected chi connectivity index (χ0v) is 16.5. The fourth-order valence-corrected chi connectivity index (χ4v) is 3.80. The van der Waals surface area contributed by atoms with Crippen molar-refractivity contribution in [1.29, 1.82) is 0 Å². The van der Waals surface area contributed by atoms with Crippen molar-refractivity contribution in [2.75, 3.05) is 5.32 Å². The average molecular weight is 403 g/mol. The number of rotatable bonds is 4. The van der Waals surface area contributed by atoms with E-state index in [9.17, 15) is 4.79 Å². The van der Waals surface area contributed by atoms with E-state index >= 15 is 0 Å². The van der Waals surface area contributed by atoms with Crippen LogP contribution in [-0.2, 0) is 6.54 Å². The van der Waals surface area contributed by atoms with Gasteiger partial charge in [-0.15, -0.1) is 0 Å². The summed E-state index contributed by atoms with van der Waals surface area (Å²) in [6.07, 6.45) is 3.16. The molecule has 0 fully saturated rings. The third-order valence-corrected chi connectivity index (χ3v) is 5.25. The largest absolute Gasteiger partial charge is 0.333 e. The van der Waals surface area contributed by atoms with Crippen LogP contribution in [0.2, 0.25) is 0 Å². The fourth-order valence-electron chi connectivity index (χ4n) is 3.80. The Bertz CT molecular complexity index is 1460. The van der Waals surface area contributed by atoms with Gasteiger partial charge in [0.05, 0.1) is 6.57 Å². The van der Waals surface area contributed by atoms with Crippen LogP contribution in [0.5, 0.6) is 0 Å². The van der Waals surface area contributed by atoms with Gasteiger partial charge in [-0.25, -0.2) is 14.8 Å². The van der Waals surface area contributed by atoms with Gasteiger partial charge >= 0.3 is 0 Å². The van der Waals surface area contributed by atoms with Crippen LogP contribution >= 0.6 is 0 Å². The Hall–Kier alpha value is -4.50. The highest BCUT2D eigenvalue weighted by Gasteiger charge is 2.18. The molecule has 6 heteroatoms. The Kier molecular flexibility index (Phi) is 4.62. The van der Waals surface area contributed by atoms with Crippen molar-refractivity contribution in [1.82, 2.24) is 14.5 Å². The van der Waals surface area contributed by atoms with Crippen LogP contribution < -0.4 is 5.32 Å². The van der Waals surface area contributed by atoms with Gasteiger partial charge in [0.1, 0.15) is 5.69 Å². The molecule has 0 aliphatic rings. The maximum absolute atomic E-state index is 13.1. The van der Waals surface area contributed by atoms with Gasteiger partial charge in [-0.05, 0) is 39.9 Å². The number of carbonyl (C=O) groups excluding carboxylic acids is 1. The van der Waals surface area contributed by atoms with Crippen molar-refractivity contribution in [3.63, 3.8) is 0 Å². The molecule has 0 aliphatic heterocycles. The zero-order valence-electron chi connectivity index (χ0n) is 16.5. The molecule has 5 aromatic rings. The first kappa shape index (κ1) is 18.5. The van der Waals surface area contributed by atoms with Gasteiger partial charge < -0.3 is 4.57 Å². The van der Waals surface area contributed by atoms with E-state index in [4.69, 9.17) is 6.57 Å². The molecular weight excluding hydrogens is 386 g/mol. The molecule has 0 radical (unpaired) electrons. The summed E-state index contributed by atoms with van der Waals surface area (Å²) >= 11 is 0. The minimum Gasteiger partial charge on any atom is -0.333 e. The van der Waals surface area contributed by atoms with E-state index < -0.39 is 0 Å². The molecule has 3 aromatic carbocycles. The average Bonchev–Trinajstić information content (AvgIpc) is 3.17. The molecule has 2 heterocycles. The lowest BCUT2D eigenvalue weighted by atomic mass is 10.0. The first-order valence-corrected chi connectivity index (χ1v) is 9.79. The molecular formula is C25H17N5O. The lowest BCUT2D eigenvalue weighted by molar-refractivity contribution is 0.101. The summed E-state index contributed by atoms with van der Waals surface area (Å²) in [7, 11) is 0. The number of benzene rings is 3. The molecule has 1 amide bonds. The smallest absolute Gasteiger partial charge is 0.274 e. The van der Waals surface area contributed by atoms with E-state index in [1.54, 1.807) is 24.5 Å². The first-order valence-electron chi connectivity index (χ1n) is 9.79. The highest BCUT2D eigenvalue weighted by molar-refractivity contribution is 6.06. The van der Waals surface area contributed by atoms with E-state index in [1.807, 2.05) is 41.0 Å². The lowest BCUT2D eigenvalue weighted by Gasteiger charge is -2.13. The second kappa shape index (κ2) is 7.73. The third kappa shape index (κ3) is 3.49. The number of hydrogen-bond donors (Lipinski definition) is 1. The second-order valence-corrected chi connectivity index (χ2v) is 7.14. The zero-order chi connectivity index (χ0) is 21.2. The van der Waals surface area contributed by atoms with Crippen molar-refractivity contribution < 1.29 is 4.79 Å². The number of aromatic nitrogens is 3. The maximum atomic E-state index is 13.1. The van der Waals surface area contributed by atoms with Crippen LogP contribution in [0.3, 0.4) is 0 Å². The summed E-state index contributed by atoms with van der Waals surface area (Å²) in [4.78, 5) is 24.9. The van der Waals surface area contributed by atoms with Gasteiger partial charge in [0.25, 0.3) is 5.91 Å². The van der Waals surface area contributed by atoms with Crippen LogP contribution in [0.15, 0.2) is 85.2 Å². The quantitative estimate of drug-likeness (QED) is 0.407. The molecule has 2 aromatic heterocycles. The van der Waals surface area contributed by atoms with E-state index in [2.05, 4.69) is 44.4 Å². The van der Waals surface area contributed by atoms with Crippen molar-refractivity contribution in [2.45, 2.75) is 6.54 Å². The summed E-state index contributed by atoms with van der Waals surface area (Å²) in [6, 6.07) is 23.3. The van der Waals surface area contributed by atoms with Crippen molar-refractivity contribution in [3.05, 3.63) is 108 Å². The number of nitrogens with one attached hydrogen (secondary N) is 1. The summed E-state index contributed by atoms with van der Waals surface area (Å²) in [6.45, 7) is 7.87. The van der Waals surface area contributed by atoms with Crippen LogP contribution in [0.4, 0.5) is 11.6 Å². The molecule has 0 saturated carbocycles. The number of nitrogens with zero attached hydrogens (tertiary/aromatic N) is 4. The normalized spacial score (nSPS) is 10.8. The van der Waals surface area contributed by atoms with E-state index in [0.717, 1.165) is 27.2 Å².